The molecule has 0 atom stereocenters. The highest BCUT2D eigenvalue weighted by atomic mass is 16.5. The first-order valence-electron chi connectivity index (χ1n) is 6.46. The fourth-order valence-corrected chi connectivity index (χ4v) is 2.10. The lowest BCUT2D eigenvalue weighted by atomic mass is 9.97. The Morgan fingerprint density at radius 1 is 1.11 bits per heavy atom. The highest BCUT2D eigenvalue weighted by molar-refractivity contribution is 5.95. The van der Waals surface area contributed by atoms with Gasteiger partial charge in [-0.2, -0.15) is 0 Å². The quantitative estimate of drug-likeness (QED) is 0.762. The summed E-state index contributed by atoms with van der Waals surface area (Å²) in [5.41, 5.74) is 4.15. The van der Waals surface area contributed by atoms with E-state index in [0.717, 1.165) is 28.0 Å². The summed E-state index contributed by atoms with van der Waals surface area (Å²) in [6.45, 7) is 6.26. The maximum absolute atomic E-state index is 11.3. The van der Waals surface area contributed by atoms with Crippen molar-refractivity contribution in [2.24, 2.45) is 0 Å². The molecule has 0 N–H and O–H groups in total. The molecule has 0 aliphatic carbocycles. The number of Topliss-reactive ketones (excluding diaryl/α,β-unsaturated/α-hetero) is 1. The summed E-state index contributed by atoms with van der Waals surface area (Å²) in [5.74, 6) is 0.977. The van der Waals surface area contributed by atoms with Gasteiger partial charge in [-0.15, -0.1) is 0 Å². The third-order valence-corrected chi connectivity index (χ3v) is 3.11. The molecule has 0 aromatic heterocycles. The molecule has 0 fully saturated rings. The van der Waals surface area contributed by atoms with Gasteiger partial charge in [0.2, 0.25) is 0 Å². The minimum Gasteiger partial charge on any atom is -0.494 e. The van der Waals surface area contributed by atoms with Gasteiger partial charge in [-0.25, -0.2) is 0 Å². The number of benzene rings is 2. The molecule has 0 bridgehead atoms. The minimum atomic E-state index is 0.0985. The summed E-state index contributed by atoms with van der Waals surface area (Å²) in [7, 11) is 0. The summed E-state index contributed by atoms with van der Waals surface area (Å²) in [4.78, 5) is 11.3. The van der Waals surface area contributed by atoms with Crippen LogP contribution in [0.5, 0.6) is 5.75 Å². The van der Waals surface area contributed by atoms with E-state index in [9.17, 15) is 4.79 Å². The van der Waals surface area contributed by atoms with Gasteiger partial charge in [-0.3, -0.25) is 4.79 Å². The van der Waals surface area contributed by atoms with Crippen molar-refractivity contribution in [2.45, 2.75) is 20.8 Å². The fourth-order valence-electron chi connectivity index (χ4n) is 2.10. The maximum atomic E-state index is 11.3. The zero-order valence-corrected chi connectivity index (χ0v) is 11.6. The van der Waals surface area contributed by atoms with Crippen molar-refractivity contribution in [3.05, 3.63) is 53.6 Å². The molecule has 2 rings (SSSR count). The van der Waals surface area contributed by atoms with Crippen LogP contribution in [-0.2, 0) is 0 Å². The standard InChI is InChI=1S/C17H18O2/c1-4-19-16-8-5-14(6-9-16)17-10-7-15(13(3)18)11-12(17)2/h5-11H,4H2,1-3H3. The van der Waals surface area contributed by atoms with Crippen LogP contribution in [-0.4, -0.2) is 12.4 Å². The van der Waals surface area contributed by atoms with Crippen LogP contribution in [0.3, 0.4) is 0 Å². The Hall–Kier alpha value is -2.09. The van der Waals surface area contributed by atoms with Crippen LogP contribution in [0.4, 0.5) is 0 Å². The minimum absolute atomic E-state index is 0.0985. The zero-order chi connectivity index (χ0) is 13.8. The topological polar surface area (TPSA) is 26.3 Å². The molecule has 98 valence electrons. The molecular weight excluding hydrogens is 236 g/mol. The molecule has 0 aliphatic heterocycles. The molecule has 19 heavy (non-hydrogen) atoms. The fraction of sp³-hybridized carbons (Fsp3) is 0.235. The van der Waals surface area contributed by atoms with Crippen LogP contribution in [0, 0.1) is 6.92 Å². The highest BCUT2D eigenvalue weighted by Crippen LogP contribution is 2.26. The van der Waals surface area contributed by atoms with Crippen LogP contribution in [0.15, 0.2) is 42.5 Å². The van der Waals surface area contributed by atoms with Crippen molar-refractivity contribution in [1.29, 1.82) is 0 Å². The van der Waals surface area contributed by atoms with Gasteiger partial charge in [0.05, 0.1) is 6.61 Å². The number of carbonyl (C=O) groups is 1. The lowest BCUT2D eigenvalue weighted by Crippen LogP contribution is -1.94. The summed E-state index contributed by atoms with van der Waals surface area (Å²) < 4.78 is 5.43. The van der Waals surface area contributed by atoms with Crippen LogP contribution in [0.25, 0.3) is 11.1 Å². The zero-order valence-electron chi connectivity index (χ0n) is 11.6. The van der Waals surface area contributed by atoms with Crippen molar-refractivity contribution in [3.8, 4) is 16.9 Å². The molecule has 2 heteroatoms. The van der Waals surface area contributed by atoms with E-state index in [2.05, 4.69) is 0 Å². The van der Waals surface area contributed by atoms with E-state index < -0.39 is 0 Å². The Balaban J connectivity index is 2.33. The third-order valence-electron chi connectivity index (χ3n) is 3.11. The molecule has 2 aromatic carbocycles. The second-order valence-corrected chi connectivity index (χ2v) is 4.54. The van der Waals surface area contributed by atoms with Gasteiger partial charge in [0, 0.05) is 5.56 Å². The summed E-state index contributed by atoms with van der Waals surface area (Å²) in [6, 6.07) is 13.8. The number of aryl methyl sites for hydroxylation is 1. The van der Waals surface area contributed by atoms with Gasteiger partial charge in [0.15, 0.2) is 5.78 Å². The number of hydrogen-bond acceptors (Lipinski definition) is 2. The Morgan fingerprint density at radius 3 is 2.32 bits per heavy atom. The summed E-state index contributed by atoms with van der Waals surface area (Å²) >= 11 is 0. The average molecular weight is 254 g/mol. The number of carbonyl (C=O) groups excluding carboxylic acids is 1. The number of ketones is 1. The van der Waals surface area contributed by atoms with Crippen LogP contribution in [0.2, 0.25) is 0 Å². The van der Waals surface area contributed by atoms with E-state index >= 15 is 0 Å². The summed E-state index contributed by atoms with van der Waals surface area (Å²) in [5, 5.41) is 0. The van der Waals surface area contributed by atoms with Crippen molar-refractivity contribution in [1.82, 2.24) is 0 Å². The van der Waals surface area contributed by atoms with Gasteiger partial charge in [0.1, 0.15) is 5.75 Å². The molecule has 0 spiro atoms. The Morgan fingerprint density at radius 2 is 1.79 bits per heavy atom. The van der Waals surface area contributed by atoms with Gasteiger partial charge in [-0.05, 0) is 55.7 Å². The normalized spacial score (nSPS) is 10.3. The molecule has 0 heterocycles. The second-order valence-electron chi connectivity index (χ2n) is 4.54. The van der Waals surface area contributed by atoms with Crippen molar-refractivity contribution >= 4 is 5.78 Å². The van der Waals surface area contributed by atoms with E-state index in [0.29, 0.717) is 6.61 Å². The maximum Gasteiger partial charge on any atom is 0.159 e. The molecule has 0 saturated heterocycles. The van der Waals surface area contributed by atoms with Crippen molar-refractivity contribution < 1.29 is 9.53 Å². The van der Waals surface area contributed by atoms with E-state index in [1.807, 2.05) is 56.3 Å². The predicted octanol–water partition coefficient (Wildman–Crippen LogP) is 4.26. The van der Waals surface area contributed by atoms with Gasteiger partial charge in [0.25, 0.3) is 0 Å². The van der Waals surface area contributed by atoms with Crippen LogP contribution < -0.4 is 4.74 Å². The van der Waals surface area contributed by atoms with Gasteiger partial charge >= 0.3 is 0 Å². The molecule has 2 aromatic rings. The third kappa shape index (κ3) is 3.02. The van der Waals surface area contributed by atoms with E-state index in [1.54, 1.807) is 6.92 Å². The van der Waals surface area contributed by atoms with Crippen molar-refractivity contribution in [3.63, 3.8) is 0 Å². The molecule has 2 nitrogen and oxygen atoms in total. The lowest BCUT2D eigenvalue weighted by Gasteiger charge is -2.09. The SMILES string of the molecule is CCOc1ccc(-c2ccc(C(C)=O)cc2C)cc1. The first-order valence-corrected chi connectivity index (χ1v) is 6.46. The predicted molar refractivity (Wildman–Crippen MR) is 77.8 cm³/mol. The Bertz CT molecular complexity index is 583. The largest absolute Gasteiger partial charge is 0.494 e. The van der Waals surface area contributed by atoms with E-state index in [-0.39, 0.29) is 5.78 Å². The molecule has 0 saturated carbocycles. The lowest BCUT2D eigenvalue weighted by molar-refractivity contribution is 0.101. The first kappa shape index (κ1) is 13.3. The monoisotopic (exact) mass is 254 g/mol. The smallest absolute Gasteiger partial charge is 0.159 e. The molecule has 0 amide bonds. The van der Waals surface area contributed by atoms with Crippen LogP contribution in [0.1, 0.15) is 29.8 Å². The van der Waals surface area contributed by atoms with Gasteiger partial charge < -0.3 is 4.74 Å². The highest BCUT2D eigenvalue weighted by Gasteiger charge is 2.05. The number of hydrogen-bond donors (Lipinski definition) is 0. The van der Waals surface area contributed by atoms with Crippen molar-refractivity contribution in [2.75, 3.05) is 6.61 Å². The summed E-state index contributed by atoms with van der Waals surface area (Å²) in [6.07, 6.45) is 0. The second kappa shape index (κ2) is 5.70. The molecule has 0 radical (unpaired) electrons. The Kier molecular flexibility index (Phi) is 4.00. The van der Waals surface area contributed by atoms with Crippen LogP contribution >= 0.6 is 0 Å². The first-order chi connectivity index (χ1) is 9.11. The number of ether oxygens (including phenoxy) is 1. The number of rotatable bonds is 4. The van der Waals surface area contributed by atoms with Gasteiger partial charge in [-0.1, -0.05) is 24.3 Å². The van der Waals surface area contributed by atoms with E-state index in [4.69, 9.17) is 4.74 Å². The average Bonchev–Trinajstić information content (AvgIpc) is 2.40. The molecule has 0 unspecified atom stereocenters. The molecular formula is C17H18O2. The Labute approximate surface area is 114 Å². The van der Waals surface area contributed by atoms with E-state index in [1.165, 1.54) is 0 Å². The molecule has 0 aliphatic rings.